The molecule has 0 spiro atoms. The van der Waals surface area contributed by atoms with Crippen molar-refractivity contribution in [3.05, 3.63) is 48.2 Å². The Labute approximate surface area is 185 Å². The van der Waals surface area contributed by atoms with Crippen LogP contribution in [0.4, 0.5) is 5.69 Å². The van der Waals surface area contributed by atoms with Gasteiger partial charge in [-0.25, -0.2) is 9.98 Å². The van der Waals surface area contributed by atoms with Crippen LogP contribution >= 0.6 is 0 Å². The molecule has 2 aromatic rings. The number of aliphatic imine (C=N–C) groups is 1. The van der Waals surface area contributed by atoms with Gasteiger partial charge in [0.25, 0.3) is 0 Å². The molecule has 0 aliphatic carbocycles. The molecule has 1 heterocycles. The van der Waals surface area contributed by atoms with Crippen molar-refractivity contribution in [2.75, 3.05) is 45.9 Å². The quantitative estimate of drug-likeness (QED) is 0.286. The Bertz CT molecular complexity index is 781. The lowest BCUT2D eigenvalue weighted by atomic mass is 10.2. The van der Waals surface area contributed by atoms with Crippen LogP contribution in [0.25, 0.3) is 0 Å². The van der Waals surface area contributed by atoms with Crippen LogP contribution in [-0.4, -0.2) is 57.6 Å². The van der Waals surface area contributed by atoms with Gasteiger partial charge in [-0.3, -0.25) is 0 Å². The molecule has 1 aromatic carbocycles. The van der Waals surface area contributed by atoms with Crippen LogP contribution in [0.3, 0.4) is 0 Å². The molecule has 2 rings (SSSR count). The van der Waals surface area contributed by atoms with Crippen LogP contribution in [-0.2, 0) is 16.0 Å². The van der Waals surface area contributed by atoms with Crippen LogP contribution in [0.2, 0.25) is 0 Å². The topological polar surface area (TPSA) is 86.2 Å². The zero-order chi connectivity index (χ0) is 22.3. The van der Waals surface area contributed by atoms with Crippen molar-refractivity contribution >= 4 is 11.6 Å². The molecule has 0 atom stereocenters. The van der Waals surface area contributed by atoms with Crippen molar-refractivity contribution in [3.63, 3.8) is 0 Å². The maximum absolute atomic E-state index is 5.71. The molecule has 0 fully saturated rings. The highest BCUT2D eigenvalue weighted by molar-refractivity contribution is 5.93. The van der Waals surface area contributed by atoms with Crippen molar-refractivity contribution in [1.29, 1.82) is 0 Å². The number of nitrogens with zero attached hydrogens (tertiary/aromatic N) is 2. The predicted octanol–water partition coefficient (Wildman–Crippen LogP) is 3.49. The number of aromatic nitrogens is 1. The van der Waals surface area contributed by atoms with Crippen molar-refractivity contribution in [2.24, 2.45) is 4.99 Å². The SMILES string of the molecule is COCCOCCCNC(=NCc1ccnc(OC)c1)Nc1ccc(OC(C)C)cc1. The Hall–Kier alpha value is -2.84. The number of guanidine groups is 1. The Morgan fingerprint density at radius 1 is 1.06 bits per heavy atom. The number of pyridine rings is 1. The van der Waals surface area contributed by atoms with Crippen molar-refractivity contribution in [1.82, 2.24) is 10.3 Å². The summed E-state index contributed by atoms with van der Waals surface area (Å²) < 4.78 is 21.4. The van der Waals surface area contributed by atoms with Crippen molar-refractivity contribution in [3.8, 4) is 11.6 Å². The summed E-state index contributed by atoms with van der Waals surface area (Å²) in [6, 6.07) is 11.6. The average Bonchev–Trinajstić information content (AvgIpc) is 2.77. The van der Waals surface area contributed by atoms with Crippen LogP contribution < -0.4 is 20.1 Å². The van der Waals surface area contributed by atoms with E-state index in [2.05, 4.69) is 15.6 Å². The normalized spacial score (nSPS) is 11.5. The van der Waals surface area contributed by atoms with E-state index in [1.165, 1.54) is 0 Å². The molecular formula is C23H34N4O4. The van der Waals surface area contributed by atoms with Gasteiger partial charge in [0, 0.05) is 38.2 Å². The fourth-order valence-electron chi connectivity index (χ4n) is 2.62. The summed E-state index contributed by atoms with van der Waals surface area (Å²) in [4.78, 5) is 8.84. The largest absolute Gasteiger partial charge is 0.491 e. The number of hydrogen-bond donors (Lipinski definition) is 2. The first-order chi connectivity index (χ1) is 15.1. The molecular weight excluding hydrogens is 396 g/mol. The minimum atomic E-state index is 0.140. The van der Waals surface area contributed by atoms with Gasteiger partial charge < -0.3 is 29.6 Å². The summed E-state index contributed by atoms with van der Waals surface area (Å²) in [7, 11) is 3.27. The summed E-state index contributed by atoms with van der Waals surface area (Å²) in [5, 5.41) is 6.70. The first-order valence-electron chi connectivity index (χ1n) is 10.5. The van der Waals surface area contributed by atoms with E-state index in [1.54, 1.807) is 20.4 Å². The monoisotopic (exact) mass is 430 g/mol. The lowest BCUT2D eigenvalue weighted by Crippen LogP contribution is -2.32. The van der Waals surface area contributed by atoms with E-state index >= 15 is 0 Å². The molecule has 1 aromatic heterocycles. The number of anilines is 1. The maximum Gasteiger partial charge on any atom is 0.213 e. The number of ether oxygens (including phenoxy) is 4. The molecule has 2 N–H and O–H groups in total. The van der Waals surface area contributed by atoms with Gasteiger partial charge in [-0.2, -0.15) is 0 Å². The van der Waals surface area contributed by atoms with Crippen LogP contribution in [0.5, 0.6) is 11.6 Å². The van der Waals surface area contributed by atoms with E-state index in [9.17, 15) is 0 Å². The van der Waals surface area contributed by atoms with Gasteiger partial charge in [-0.1, -0.05) is 0 Å². The lowest BCUT2D eigenvalue weighted by molar-refractivity contribution is 0.0699. The first-order valence-corrected chi connectivity index (χ1v) is 10.5. The first kappa shape index (κ1) is 24.4. The smallest absolute Gasteiger partial charge is 0.213 e. The molecule has 0 radical (unpaired) electrons. The number of hydrogen-bond acceptors (Lipinski definition) is 6. The third-order valence-corrected chi connectivity index (χ3v) is 4.11. The van der Waals surface area contributed by atoms with E-state index in [0.29, 0.717) is 38.2 Å². The second-order valence-electron chi connectivity index (χ2n) is 7.07. The summed E-state index contributed by atoms with van der Waals surface area (Å²) in [6.45, 7) is 7.10. The summed E-state index contributed by atoms with van der Waals surface area (Å²) in [6.07, 6.45) is 2.71. The highest BCUT2D eigenvalue weighted by Crippen LogP contribution is 2.17. The van der Waals surface area contributed by atoms with Crippen molar-refractivity contribution in [2.45, 2.75) is 32.9 Å². The van der Waals surface area contributed by atoms with E-state index in [1.807, 2.05) is 50.2 Å². The second kappa shape index (κ2) is 14.2. The number of benzene rings is 1. The maximum atomic E-state index is 5.71. The van der Waals surface area contributed by atoms with Gasteiger partial charge in [0.2, 0.25) is 5.88 Å². The van der Waals surface area contributed by atoms with Gasteiger partial charge in [0.05, 0.1) is 33.0 Å². The molecule has 0 bridgehead atoms. The standard InChI is InChI=1S/C23H34N4O4/c1-18(2)31-21-8-6-20(7-9-21)27-23(25-11-5-13-30-15-14-28-3)26-17-19-10-12-24-22(16-19)29-4/h6-10,12,16,18H,5,11,13-15,17H2,1-4H3,(H2,25,26,27). The van der Waals surface area contributed by atoms with Gasteiger partial charge in [0.1, 0.15) is 5.75 Å². The zero-order valence-corrected chi connectivity index (χ0v) is 18.9. The third kappa shape index (κ3) is 10.1. The number of methoxy groups -OCH3 is 2. The molecule has 0 saturated carbocycles. The van der Waals surface area contributed by atoms with Crippen LogP contribution in [0, 0.1) is 0 Å². The number of nitrogens with one attached hydrogen (secondary N) is 2. The fraction of sp³-hybridized carbons (Fsp3) is 0.478. The van der Waals surface area contributed by atoms with Crippen LogP contribution in [0.1, 0.15) is 25.8 Å². The van der Waals surface area contributed by atoms with E-state index in [4.69, 9.17) is 23.9 Å². The highest BCUT2D eigenvalue weighted by atomic mass is 16.5. The van der Waals surface area contributed by atoms with Gasteiger partial charge >= 0.3 is 0 Å². The molecule has 31 heavy (non-hydrogen) atoms. The molecule has 170 valence electrons. The second-order valence-corrected chi connectivity index (χ2v) is 7.07. The molecule has 8 nitrogen and oxygen atoms in total. The molecule has 0 aliphatic rings. The third-order valence-electron chi connectivity index (χ3n) is 4.11. The molecule has 0 unspecified atom stereocenters. The lowest BCUT2D eigenvalue weighted by Gasteiger charge is -2.14. The van der Waals surface area contributed by atoms with Gasteiger partial charge in [-0.05, 0) is 56.2 Å². The Balaban J connectivity index is 1.97. The van der Waals surface area contributed by atoms with Crippen molar-refractivity contribution < 1.29 is 18.9 Å². The molecule has 8 heteroatoms. The summed E-state index contributed by atoms with van der Waals surface area (Å²) >= 11 is 0. The summed E-state index contributed by atoms with van der Waals surface area (Å²) in [5.74, 6) is 2.10. The van der Waals surface area contributed by atoms with Crippen LogP contribution in [0.15, 0.2) is 47.6 Å². The average molecular weight is 431 g/mol. The molecule has 0 aliphatic heterocycles. The minimum Gasteiger partial charge on any atom is -0.491 e. The zero-order valence-electron chi connectivity index (χ0n) is 18.9. The molecule has 0 saturated heterocycles. The highest BCUT2D eigenvalue weighted by Gasteiger charge is 2.03. The summed E-state index contributed by atoms with van der Waals surface area (Å²) in [5.41, 5.74) is 1.93. The number of rotatable bonds is 13. The fourth-order valence-corrected chi connectivity index (χ4v) is 2.62. The Morgan fingerprint density at radius 3 is 2.58 bits per heavy atom. The molecule has 0 amide bonds. The predicted molar refractivity (Wildman–Crippen MR) is 123 cm³/mol. The van der Waals surface area contributed by atoms with Gasteiger partial charge in [-0.15, -0.1) is 0 Å². The minimum absolute atomic E-state index is 0.140. The Kier molecular flexibility index (Phi) is 11.2. The Morgan fingerprint density at radius 2 is 1.87 bits per heavy atom. The van der Waals surface area contributed by atoms with E-state index in [0.717, 1.165) is 30.0 Å². The van der Waals surface area contributed by atoms with Gasteiger partial charge in [0.15, 0.2) is 5.96 Å². The van der Waals surface area contributed by atoms with E-state index in [-0.39, 0.29) is 6.10 Å². The van der Waals surface area contributed by atoms with E-state index < -0.39 is 0 Å².